The van der Waals surface area contributed by atoms with Gasteiger partial charge >= 0.3 is 5.69 Å². The molecule has 1 aromatic heterocycles. The van der Waals surface area contributed by atoms with Gasteiger partial charge in [0.25, 0.3) is 0 Å². The third-order valence-corrected chi connectivity index (χ3v) is 5.79. The molecule has 1 saturated heterocycles. The summed E-state index contributed by atoms with van der Waals surface area (Å²) in [5.41, 5.74) is -0.0778. The highest BCUT2D eigenvalue weighted by atomic mass is 32.2. The van der Waals surface area contributed by atoms with Crippen LogP contribution in [0.5, 0.6) is 0 Å². The molecule has 2 aliphatic rings. The number of hydrogen-bond acceptors (Lipinski definition) is 5. The number of thioether (sulfide) groups is 1. The van der Waals surface area contributed by atoms with Gasteiger partial charge in [0, 0.05) is 12.3 Å². The van der Waals surface area contributed by atoms with Crippen molar-refractivity contribution in [3.63, 3.8) is 0 Å². The van der Waals surface area contributed by atoms with Gasteiger partial charge in [-0.15, -0.1) is 11.8 Å². The Kier molecular flexibility index (Phi) is 3.88. The fraction of sp³-hybridized carbons (Fsp3) is 0.692. The van der Waals surface area contributed by atoms with E-state index in [2.05, 4.69) is 5.10 Å². The van der Waals surface area contributed by atoms with Crippen molar-refractivity contribution in [3.8, 4) is 0 Å². The van der Waals surface area contributed by atoms with Crippen LogP contribution in [0.25, 0.3) is 0 Å². The van der Waals surface area contributed by atoms with Crippen molar-refractivity contribution in [2.75, 3.05) is 12.3 Å². The molecule has 2 fully saturated rings. The largest absolute Gasteiger partial charge is 0.326 e. The summed E-state index contributed by atoms with van der Waals surface area (Å²) in [6.45, 7) is 0.850. The number of carbonyl (C=O) groups excluding carboxylic acids is 1. The molecule has 1 saturated carbocycles. The van der Waals surface area contributed by atoms with E-state index in [0.29, 0.717) is 0 Å². The highest BCUT2D eigenvalue weighted by molar-refractivity contribution is 8.00. The molecular weight excluding hydrogens is 292 g/mol. The Morgan fingerprint density at radius 1 is 1.43 bits per heavy atom. The molecule has 0 N–H and O–H groups in total. The summed E-state index contributed by atoms with van der Waals surface area (Å²) in [5, 5.41) is 14.6. The zero-order valence-electron chi connectivity index (χ0n) is 11.7. The van der Waals surface area contributed by atoms with Crippen molar-refractivity contribution in [2.45, 2.75) is 43.5 Å². The molecule has 0 aromatic carbocycles. The van der Waals surface area contributed by atoms with Crippen LogP contribution in [0.2, 0.25) is 0 Å². The fourth-order valence-electron chi connectivity index (χ4n) is 3.24. The Labute approximate surface area is 126 Å². The van der Waals surface area contributed by atoms with Gasteiger partial charge in [0.1, 0.15) is 18.9 Å². The molecule has 114 valence electrons. The number of amides is 1. The van der Waals surface area contributed by atoms with E-state index in [4.69, 9.17) is 0 Å². The first-order chi connectivity index (χ1) is 10.1. The maximum absolute atomic E-state index is 12.5. The first-order valence-electron chi connectivity index (χ1n) is 7.22. The molecule has 21 heavy (non-hydrogen) atoms. The van der Waals surface area contributed by atoms with Crippen LogP contribution in [-0.4, -0.2) is 42.7 Å². The van der Waals surface area contributed by atoms with E-state index >= 15 is 0 Å². The van der Waals surface area contributed by atoms with Gasteiger partial charge in [0.05, 0.1) is 9.79 Å². The van der Waals surface area contributed by atoms with Gasteiger partial charge in [-0.2, -0.15) is 5.10 Å². The number of carbonyl (C=O) groups is 1. The summed E-state index contributed by atoms with van der Waals surface area (Å²) in [7, 11) is 0. The van der Waals surface area contributed by atoms with Gasteiger partial charge in [0.15, 0.2) is 0 Å². The highest BCUT2D eigenvalue weighted by Crippen LogP contribution is 2.46. The third kappa shape index (κ3) is 2.76. The van der Waals surface area contributed by atoms with Gasteiger partial charge in [0.2, 0.25) is 5.91 Å². The SMILES string of the molecule is O=C(Cn1cc([N+](=O)[O-])cn1)N1CCSC12CCCCC2. The predicted molar refractivity (Wildman–Crippen MR) is 78.9 cm³/mol. The van der Waals surface area contributed by atoms with Crippen LogP contribution in [0.4, 0.5) is 5.69 Å². The van der Waals surface area contributed by atoms with E-state index in [1.165, 1.54) is 36.3 Å². The summed E-state index contributed by atoms with van der Waals surface area (Å²) < 4.78 is 1.36. The molecule has 1 amide bonds. The standard InChI is InChI=1S/C13H18N4O3S/c18-12(10-15-9-11(8-14-15)17(19)20)16-6-7-21-13(16)4-2-1-3-5-13/h8-9H,1-7,10H2. The molecular formula is C13H18N4O3S. The van der Waals surface area contributed by atoms with Crippen molar-refractivity contribution in [1.29, 1.82) is 0 Å². The summed E-state index contributed by atoms with van der Waals surface area (Å²) in [6, 6.07) is 0. The zero-order valence-corrected chi connectivity index (χ0v) is 12.5. The second kappa shape index (κ2) is 5.67. The van der Waals surface area contributed by atoms with Crippen molar-refractivity contribution in [1.82, 2.24) is 14.7 Å². The van der Waals surface area contributed by atoms with Gasteiger partial charge < -0.3 is 4.90 Å². The minimum absolute atomic E-state index is 0.0138. The first-order valence-corrected chi connectivity index (χ1v) is 8.21. The van der Waals surface area contributed by atoms with E-state index in [-0.39, 0.29) is 23.0 Å². The number of aromatic nitrogens is 2. The minimum atomic E-state index is -0.498. The third-order valence-electron chi connectivity index (χ3n) is 4.24. The van der Waals surface area contributed by atoms with Gasteiger partial charge in [-0.1, -0.05) is 19.3 Å². The van der Waals surface area contributed by atoms with E-state index in [9.17, 15) is 14.9 Å². The lowest BCUT2D eigenvalue weighted by atomic mass is 9.93. The molecule has 8 heteroatoms. The van der Waals surface area contributed by atoms with E-state index in [0.717, 1.165) is 25.1 Å². The van der Waals surface area contributed by atoms with Crippen LogP contribution in [0.1, 0.15) is 32.1 Å². The Morgan fingerprint density at radius 2 is 2.19 bits per heavy atom. The Morgan fingerprint density at radius 3 is 2.86 bits per heavy atom. The second-order valence-corrected chi connectivity index (χ2v) is 7.01. The molecule has 0 bridgehead atoms. The quantitative estimate of drug-likeness (QED) is 0.630. The molecule has 2 heterocycles. The van der Waals surface area contributed by atoms with E-state index in [1.54, 1.807) is 0 Å². The Bertz CT molecular complexity index is 553. The normalized spacial score (nSPS) is 20.9. The number of nitro groups is 1. The maximum Gasteiger partial charge on any atom is 0.307 e. The molecule has 0 atom stereocenters. The van der Waals surface area contributed by atoms with Crippen molar-refractivity contribution in [2.24, 2.45) is 0 Å². The number of rotatable bonds is 3. The summed E-state index contributed by atoms with van der Waals surface area (Å²) in [6.07, 6.45) is 8.20. The molecule has 0 radical (unpaired) electrons. The zero-order chi connectivity index (χ0) is 14.9. The van der Waals surface area contributed by atoms with Crippen LogP contribution in [-0.2, 0) is 11.3 Å². The summed E-state index contributed by atoms with van der Waals surface area (Å²) in [4.78, 5) is 24.6. The Balaban J connectivity index is 1.70. The molecule has 1 aliphatic carbocycles. The van der Waals surface area contributed by atoms with Crippen LogP contribution in [0.3, 0.4) is 0 Å². The van der Waals surface area contributed by atoms with Crippen LogP contribution in [0, 0.1) is 10.1 Å². The lowest BCUT2D eigenvalue weighted by Crippen LogP contribution is -2.48. The first kappa shape index (κ1) is 14.4. The van der Waals surface area contributed by atoms with Gasteiger partial charge in [-0.05, 0) is 12.8 Å². The smallest absolute Gasteiger partial charge is 0.307 e. The molecule has 3 rings (SSSR count). The highest BCUT2D eigenvalue weighted by Gasteiger charge is 2.44. The minimum Gasteiger partial charge on any atom is -0.326 e. The molecule has 1 aliphatic heterocycles. The van der Waals surface area contributed by atoms with Crippen LogP contribution < -0.4 is 0 Å². The van der Waals surface area contributed by atoms with Crippen molar-refractivity contribution in [3.05, 3.63) is 22.5 Å². The lowest BCUT2D eigenvalue weighted by Gasteiger charge is -2.40. The maximum atomic E-state index is 12.5. The van der Waals surface area contributed by atoms with E-state index < -0.39 is 4.92 Å². The lowest BCUT2D eigenvalue weighted by molar-refractivity contribution is -0.385. The van der Waals surface area contributed by atoms with Crippen LogP contribution >= 0.6 is 11.8 Å². The average Bonchev–Trinajstić information content (AvgIpc) is 3.07. The van der Waals surface area contributed by atoms with Gasteiger partial charge in [-0.3, -0.25) is 19.6 Å². The van der Waals surface area contributed by atoms with Crippen LogP contribution in [0.15, 0.2) is 12.4 Å². The summed E-state index contributed by atoms with van der Waals surface area (Å²) >= 11 is 1.89. The molecule has 1 spiro atoms. The summed E-state index contributed by atoms with van der Waals surface area (Å²) in [5.74, 6) is 0.991. The second-order valence-electron chi connectivity index (χ2n) is 5.55. The molecule has 7 nitrogen and oxygen atoms in total. The average molecular weight is 310 g/mol. The molecule has 1 aromatic rings. The van der Waals surface area contributed by atoms with E-state index in [1.807, 2.05) is 16.7 Å². The predicted octanol–water partition coefficient (Wildman–Crippen LogP) is 2.03. The molecule has 0 unspecified atom stereocenters. The number of hydrogen-bond donors (Lipinski definition) is 0. The van der Waals surface area contributed by atoms with Crippen molar-refractivity contribution < 1.29 is 9.72 Å². The monoisotopic (exact) mass is 310 g/mol. The number of nitrogens with zero attached hydrogens (tertiary/aromatic N) is 4. The topological polar surface area (TPSA) is 81.3 Å². The van der Waals surface area contributed by atoms with Gasteiger partial charge in [-0.25, -0.2) is 0 Å². The Hall–Kier alpha value is -1.57. The fourth-order valence-corrected chi connectivity index (χ4v) is 4.82. The van der Waals surface area contributed by atoms with Crippen molar-refractivity contribution >= 4 is 23.4 Å².